The summed E-state index contributed by atoms with van der Waals surface area (Å²) in [6.07, 6.45) is 1.42. The highest BCUT2D eigenvalue weighted by molar-refractivity contribution is 5.84. The van der Waals surface area contributed by atoms with Crippen LogP contribution >= 0.6 is 0 Å². The fraction of sp³-hybridized carbons (Fsp3) is 0. The van der Waals surface area contributed by atoms with Gasteiger partial charge in [0.1, 0.15) is 11.4 Å². The van der Waals surface area contributed by atoms with E-state index in [-0.39, 0.29) is 17.2 Å². The van der Waals surface area contributed by atoms with Crippen molar-refractivity contribution in [1.29, 1.82) is 0 Å². The highest BCUT2D eigenvalue weighted by Gasteiger charge is 2.16. The molecule has 0 saturated heterocycles. The minimum Gasteiger partial charge on any atom is -0.453 e. The summed E-state index contributed by atoms with van der Waals surface area (Å²) in [5, 5.41) is 5.63. The van der Waals surface area contributed by atoms with Crippen LogP contribution in [0.4, 0.5) is 4.39 Å². The number of benzene rings is 3. The van der Waals surface area contributed by atoms with Crippen LogP contribution in [0.2, 0.25) is 0 Å². The van der Waals surface area contributed by atoms with Gasteiger partial charge in [-0.15, -0.1) is 0 Å². The van der Waals surface area contributed by atoms with E-state index in [2.05, 4.69) is 10.1 Å². The van der Waals surface area contributed by atoms with Gasteiger partial charge in [0, 0.05) is 5.39 Å². The minimum absolute atomic E-state index is 0.276. The lowest BCUT2D eigenvalue weighted by atomic mass is 10.2. The maximum atomic E-state index is 13.5. The topological polar surface area (TPSA) is 60.4 Å². The molecule has 2 aromatic heterocycles. The van der Waals surface area contributed by atoms with Crippen LogP contribution in [0.5, 0.6) is 0 Å². The molecule has 0 fully saturated rings. The van der Waals surface area contributed by atoms with E-state index in [9.17, 15) is 9.18 Å². The number of aromatic nitrogens is 2. The summed E-state index contributed by atoms with van der Waals surface area (Å²) in [4.78, 5) is 17.7. The number of fused-ring (bicyclic) bond motifs is 2. The lowest BCUT2D eigenvalue weighted by Gasteiger charge is -2.07. The number of para-hydroxylation sites is 2. The standard InChI is InChI=1S/C23H14FN3O2/c24-17-8-5-6-15(12-17)14-25-27-22(21-13-16-7-1-4-11-20(16)29-21)26-19-10-3-2-9-18(19)23(27)28/h1-14H. The predicted molar refractivity (Wildman–Crippen MR) is 111 cm³/mol. The number of halogens is 1. The molecule has 0 amide bonds. The van der Waals surface area contributed by atoms with Crippen LogP contribution in [0.1, 0.15) is 5.56 Å². The Hall–Kier alpha value is -4.06. The van der Waals surface area contributed by atoms with E-state index in [1.54, 1.807) is 30.3 Å². The number of hydrogen-bond acceptors (Lipinski definition) is 4. The molecule has 0 atom stereocenters. The number of nitrogens with zero attached hydrogens (tertiary/aromatic N) is 3. The van der Waals surface area contributed by atoms with E-state index in [0.717, 1.165) is 5.39 Å². The Kier molecular flexibility index (Phi) is 4.02. The van der Waals surface area contributed by atoms with Crippen LogP contribution in [0.15, 0.2) is 93.2 Å². The second-order valence-electron chi connectivity index (χ2n) is 6.52. The van der Waals surface area contributed by atoms with E-state index in [0.29, 0.717) is 27.8 Å². The van der Waals surface area contributed by atoms with Crippen molar-refractivity contribution in [2.75, 3.05) is 0 Å². The van der Waals surface area contributed by atoms with Gasteiger partial charge in [-0.3, -0.25) is 4.79 Å². The summed E-state index contributed by atoms with van der Waals surface area (Å²) in [5.41, 5.74) is 1.43. The van der Waals surface area contributed by atoms with Crippen molar-refractivity contribution in [1.82, 2.24) is 9.66 Å². The third-order valence-corrected chi connectivity index (χ3v) is 4.57. The Morgan fingerprint density at radius 3 is 2.66 bits per heavy atom. The van der Waals surface area contributed by atoms with Crippen molar-refractivity contribution in [2.24, 2.45) is 5.10 Å². The summed E-state index contributed by atoms with van der Waals surface area (Å²) in [5.74, 6) is 0.318. The average Bonchev–Trinajstić information content (AvgIpc) is 3.17. The highest BCUT2D eigenvalue weighted by Crippen LogP contribution is 2.27. The zero-order chi connectivity index (χ0) is 19.8. The molecule has 2 heterocycles. The van der Waals surface area contributed by atoms with Crippen molar-refractivity contribution < 1.29 is 8.81 Å². The first-order chi connectivity index (χ1) is 14.2. The Labute approximate surface area is 164 Å². The van der Waals surface area contributed by atoms with Crippen LogP contribution < -0.4 is 5.56 Å². The monoisotopic (exact) mass is 383 g/mol. The normalized spacial score (nSPS) is 11.6. The van der Waals surface area contributed by atoms with Gasteiger partial charge in [0.2, 0.25) is 5.82 Å². The number of rotatable bonds is 3. The second-order valence-corrected chi connectivity index (χ2v) is 6.52. The molecule has 140 valence electrons. The maximum Gasteiger partial charge on any atom is 0.282 e. The first-order valence-electron chi connectivity index (χ1n) is 9.00. The van der Waals surface area contributed by atoms with Crippen LogP contribution in [0, 0.1) is 5.82 Å². The summed E-state index contributed by atoms with van der Waals surface area (Å²) in [6.45, 7) is 0. The summed E-state index contributed by atoms with van der Waals surface area (Å²) >= 11 is 0. The molecule has 5 aromatic rings. The molecule has 0 aliphatic heterocycles. The molecule has 29 heavy (non-hydrogen) atoms. The van der Waals surface area contributed by atoms with Crippen molar-refractivity contribution in [3.05, 3.63) is 101 Å². The summed E-state index contributed by atoms with van der Waals surface area (Å²) in [6, 6.07) is 22.4. The van der Waals surface area contributed by atoms with Crippen LogP contribution in [0.3, 0.4) is 0 Å². The Balaban J connectivity index is 1.75. The smallest absolute Gasteiger partial charge is 0.282 e. The molecule has 5 rings (SSSR count). The molecule has 3 aromatic carbocycles. The van der Waals surface area contributed by atoms with E-state index in [1.807, 2.05) is 36.4 Å². The Bertz CT molecular complexity index is 1420. The SMILES string of the molecule is O=c1c2ccccc2nc(-c2cc3ccccc3o2)n1N=Cc1cccc(F)c1. The first kappa shape index (κ1) is 17.1. The van der Waals surface area contributed by atoms with Crippen molar-refractivity contribution in [3.8, 4) is 11.6 Å². The van der Waals surface area contributed by atoms with Gasteiger partial charge in [-0.25, -0.2) is 9.37 Å². The Morgan fingerprint density at radius 1 is 0.966 bits per heavy atom. The summed E-state index contributed by atoms with van der Waals surface area (Å²) in [7, 11) is 0. The van der Waals surface area contributed by atoms with Crippen molar-refractivity contribution in [2.45, 2.75) is 0 Å². The first-order valence-corrected chi connectivity index (χ1v) is 9.00. The lowest BCUT2D eigenvalue weighted by Crippen LogP contribution is -2.20. The third kappa shape index (κ3) is 3.10. The molecule has 0 saturated carbocycles. The molecule has 0 spiro atoms. The van der Waals surface area contributed by atoms with Gasteiger partial charge in [-0.1, -0.05) is 42.5 Å². The average molecular weight is 383 g/mol. The largest absolute Gasteiger partial charge is 0.453 e. The van der Waals surface area contributed by atoms with Crippen LogP contribution in [0.25, 0.3) is 33.5 Å². The van der Waals surface area contributed by atoms with Crippen LogP contribution in [-0.2, 0) is 0 Å². The lowest BCUT2D eigenvalue weighted by molar-refractivity contribution is 0.615. The minimum atomic E-state index is -0.379. The molecule has 0 unspecified atom stereocenters. The van der Waals surface area contributed by atoms with E-state index in [1.165, 1.54) is 23.0 Å². The number of hydrogen-bond donors (Lipinski definition) is 0. The van der Waals surface area contributed by atoms with Crippen LogP contribution in [-0.4, -0.2) is 15.9 Å². The van der Waals surface area contributed by atoms with E-state index >= 15 is 0 Å². The van der Waals surface area contributed by atoms with Crippen molar-refractivity contribution in [3.63, 3.8) is 0 Å². The summed E-state index contributed by atoms with van der Waals surface area (Å²) < 4.78 is 20.6. The molecule has 0 bridgehead atoms. The van der Waals surface area contributed by atoms with Crippen molar-refractivity contribution >= 4 is 28.1 Å². The zero-order valence-corrected chi connectivity index (χ0v) is 15.1. The molecule has 5 nitrogen and oxygen atoms in total. The molecule has 0 N–H and O–H groups in total. The van der Waals surface area contributed by atoms with Gasteiger partial charge in [-0.05, 0) is 42.0 Å². The van der Waals surface area contributed by atoms with Gasteiger partial charge in [0.05, 0.1) is 17.1 Å². The predicted octanol–water partition coefficient (Wildman–Crippen LogP) is 4.83. The highest BCUT2D eigenvalue weighted by atomic mass is 19.1. The third-order valence-electron chi connectivity index (χ3n) is 4.57. The van der Waals surface area contributed by atoms with Gasteiger partial charge in [-0.2, -0.15) is 9.78 Å². The van der Waals surface area contributed by atoms with Gasteiger partial charge < -0.3 is 4.42 Å². The molecular formula is C23H14FN3O2. The van der Waals surface area contributed by atoms with Gasteiger partial charge in [0.15, 0.2) is 5.76 Å². The molecule has 0 aliphatic rings. The number of furan rings is 1. The quantitative estimate of drug-likeness (QED) is 0.419. The van der Waals surface area contributed by atoms with E-state index in [4.69, 9.17) is 4.42 Å². The fourth-order valence-electron chi connectivity index (χ4n) is 3.19. The van der Waals surface area contributed by atoms with E-state index < -0.39 is 0 Å². The zero-order valence-electron chi connectivity index (χ0n) is 15.1. The molecular weight excluding hydrogens is 369 g/mol. The fourth-order valence-corrected chi connectivity index (χ4v) is 3.19. The Morgan fingerprint density at radius 2 is 1.79 bits per heavy atom. The second kappa shape index (κ2) is 6.83. The van der Waals surface area contributed by atoms with Gasteiger partial charge in [0.25, 0.3) is 5.56 Å². The maximum absolute atomic E-state index is 13.5. The molecule has 0 aliphatic carbocycles. The molecule has 0 radical (unpaired) electrons. The molecule has 6 heteroatoms. The van der Waals surface area contributed by atoms with Gasteiger partial charge >= 0.3 is 0 Å².